The molecule has 0 unspecified atom stereocenters. The number of thiophene rings is 1. The second-order valence-corrected chi connectivity index (χ2v) is 9.22. The highest BCUT2D eigenvalue weighted by atomic mass is 79.9. The number of sulfonamides is 1. The first-order valence-corrected chi connectivity index (χ1v) is 9.78. The Balaban J connectivity index is 2.01. The molecular formula is C11H14BrN3O2S3. The molecule has 0 radical (unpaired) electrons. The molecule has 2 aromatic rings. The van der Waals surface area contributed by atoms with Crippen LogP contribution in [0.3, 0.4) is 0 Å². The largest absolute Gasteiger partial charge is 0.326 e. The van der Waals surface area contributed by atoms with Crippen LogP contribution < -0.4 is 10.5 Å². The van der Waals surface area contributed by atoms with Crippen molar-refractivity contribution < 1.29 is 8.42 Å². The number of halogens is 1. The zero-order chi connectivity index (χ0) is 14.8. The minimum Gasteiger partial charge on any atom is -0.326 e. The molecular weight excluding hydrogens is 382 g/mol. The number of aromatic nitrogens is 1. The highest BCUT2D eigenvalue weighted by Gasteiger charge is 2.20. The van der Waals surface area contributed by atoms with Gasteiger partial charge in [0.1, 0.15) is 4.90 Å². The molecule has 0 aliphatic carbocycles. The normalized spacial score (nSPS) is 11.9. The summed E-state index contributed by atoms with van der Waals surface area (Å²) in [5.74, 6) is 0. The number of hydrogen-bond donors (Lipinski definition) is 2. The number of hydrogen-bond acceptors (Lipinski definition) is 6. The molecule has 0 aliphatic rings. The average molecular weight is 396 g/mol. The molecule has 110 valence electrons. The van der Waals surface area contributed by atoms with Gasteiger partial charge in [0, 0.05) is 35.5 Å². The van der Waals surface area contributed by atoms with Crippen molar-refractivity contribution in [2.75, 3.05) is 6.54 Å². The van der Waals surface area contributed by atoms with Gasteiger partial charge in [0.05, 0.1) is 8.79 Å². The molecule has 3 N–H and O–H groups in total. The predicted octanol–water partition coefficient (Wildman–Crippen LogP) is 2.26. The first kappa shape index (κ1) is 16.1. The average Bonchev–Trinajstić information content (AvgIpc) is 2.95. The number of rotatable bonds is 6. The number of thiazole rings is 1. The van der Waals surface area contributed by atoms with Gasteiger partial charge in [-0.3, -0.25) is 0 Å². The molecule has 20 heavy (non-hydrogen) atoms. The first-order valence-electron chi connectivity index (χ1n) is 5.81. The molecule has 5 nitrogen and oxygen atoms in total. The first-order chi connectivity index (χ1) is 9.42. The summed E-state index contributed by atoms with van der Waals surface area (Å²) in [5.41, 5.74) is 6.48. The van der Waals surface area contributed by atoms with Gasteiger partial charge >= 0.3 is 0 Å². The van der Waals surface area contributed by atoms with E-state index in [1.165, 1.54) is 22.7 Å². The van der Waals surface area contributed by atoms with E-state index >= 15 is 0 Å². The summed E-state index contributed by atoms with van der Waals surface area (Å²) in [5, 5.41) is 2.88. The summed E-state index contributed by atoms with van der Waals surface area (Å²) in [6, 6.07) is 1.60. The van der Waals surface area contributed by atoms with E-state index in [0.717, 1.165) is 15.6 Å². The fourth-order valence-electron chi connectivity index (χ4n) is 1.57. The van der Waals surface area contributed by atoms with Crippen molar-refractivity contribution in [2.24, 2.45) is 5.73 Å². The summed E-state index contributed by atoms with van der Waals surface area (Å²) >= 11 is 6.14. The van der Waals surface area contributed by atoms with E-state index in [0.29, 0.717) is 23.3 Å². The second-order valence-electron chi connectivity index (χ2n) is 4.09. The maximum absolute atomic E-state index is 12.2. The Hall–Kier alpha value is -0.320. The van der Waals surface area contributed by atoms with Gasteiger partial charge in [-0.25, -0.2) is 18.1 Å². The monoisotopic (exact) mass is 395 g/mol. The van der Waals surface area contributed by atoms with Gasteiger partial charge in [0.25, 0.3) is 0 Å². The van der Waals surface area contributed by atoms with Gasteiger partial charge < -0.3 is 5.73 Å². The van der Waals surface area contributed by atoms with Crippen LogP contribution in [-0.2, 0) is 23.0 Å². The third-order valence-electron chi connectivity index (χ3n) is 2.49. The van der Waals surface area contributed by atoms with Gasteiger partial charge in [0.2, 0.25) is 10.0 Å². The lowest BCUT2D eigenvalue weighted by Crippen LogP contribution is -2.25. The predicted molar refractivity (Wildman–Crippen MR) is 85.7 cm³/mol. The number of nitrogens with two attached hydrogens (primary N) is 1. The molecule has 0 bridgehead atoms. The van der Waals surface area contributed by atoms with Crippen molar-refractivity contribution in [1.29, 1.82) is 0 Å². The van der Waals surface area contributed by atoms with Gasteiger partial charge in [-0.05, 0) is 28.9 Å². The van der Waals surface area contributed by atoms with Crippen molar-refractivity contribution in [3.63, 3.8) is 0 Å². The van der Waals surface area contributed by atoms with Crippen LogP contribution in [0.4, 0.5) is 0 Å². The third kappa shape index (κ3) is 3.86. The molecule has 0 aromatic carbocycles. The van der Waals surface area contributed by atoms with E-state index in [1.54, 1.807) is 6.07 Å². The van der Waals surface area contributed by atoms with Crippen molar-refractivity contribution in [3.8, 4) is 0 Å². The Labute approximate surface area is 134 Å². The highest BCUT2D eigenvalue weighted by Crippen LogP contribution is 2.31. The summed E-state index contributed by atoms with van der Waals surface area (Å²) in [4.78, 5) is 5.37. The maximum Gasteiger partial charge on any atom is 0.242 e. The van der Waals surface area contributed by atoms with Crippen molar-refractivity contribution >= 4 is 48.6 Å². The minimum atomic E-state index is -3.51. The Kier molecular flexibility index (Phi) is 5.32. The summed E-state index contributed by atoms with van der Waals surface area (Å²) in [7, 11) is -3.51. The molecule has 0 saturated heterocycles. The molecule has 0 atom stereocenters. The lowest BCUT2D eigenvalue weighted by atomic mass is 10.4. The Morgan fingerprint density at radius 1 is 1.50 bits per heavy atom. The standard InChI is InChI=1S/C11H14BrN3O2S3/c1-7-6-18-10(15-7)2-3-14-20(16,17)9-4-8(5-13)19-11(9)12/h4,6,14H,2-3,5,13H2,1H3. The van der Waals surface area contributed by atoms with E-state index < -0.39 is 10.0 Å². The van der Waals surface area contributed by atoms with Gasteiger partial charge in [-0.15, -0.1) is 22.7 Å². The molecule has 2 rings (SSSR count). The van der Waals surface area contributed by atoms with Crippen LogP contribution >= 0.6 is 38.6 Å². The van der Waals surface area contributed by atoms with E-state index in [-0.39, 0.29) is 4.90 Å². The number of nitrogens with zero attached hydrogens (tertiary/aromatic N) is 1. The van der Waals surface area contributed by atoms with Crippen molar-refractivity contribution in [1.82, 2.24) is 9.71 Å². The Morgan fingerprint density at radius 2 is 2.25 bits per heavy atom. The smallest absolute Gasteiger partial charge is 0.242 e. The molecule has 0 saturated carbocycles. The van der Waals surface area contributed by atoms with Crippen molar-refractivity contribution in [2.45, 2.75) is 24.8 Å². The molecule has 0 spiro atoms. The fourth-order valence-corrected chi connectivity index (χ4v) is 5.94. The van der Waals surface area contributed by atoms with E-state index in [9.17, 15) is 8.42 Å². The number of nitrogens with one attached hydrogen (secondary N) is 1. The van der Waals surface area contributed by atoms with Crippen LogP contribution in [0.25, 0.3) is 0 Å². The SMILES string of the molecule is Cc1csc(CCNS(=O)(=O)c2cc(CN)sc2Br)n1. The lowest BCUT2D eigenvalue weighted by molar-refractivity contribution is 0.581. The molecule has 0 fully saturated rings. The Morgan fingerprint density at radius 3 is 2.80 bits per heavy atom. The molecule has 0 amide bonds. The number of aryl methyl sites for hydroxylation is 1. The van der Waals surface area contributed by atoms with Crippen LogP contribution in [0, 0.1) is 6.92 Å². The third-order valence-corrected chi connectivity index (χ3v) is 7.26. The van der Waals surface area contributed by atoms with Gasteiger partial charge in [0.15, 0.2) is 0 Å². The van der Waals surface area contributed by atoms with Crippen LogP contribution in [-0.4, -0.2) is 19.9 Å². The highest BCUT2D eigenvalue weighted by molar-refractivity contribution is 9.11. The quantitative estimate of drug-likeness (QED) is 0.785. The molecule has 0 aliphatic heterocycles. The topological polar surface area (TPSA) is 85.1 Å². The van der Waals surface area contributed by atoms with Crippen molar-refractivity contribution in [3.05, 3.63) is 30.8 Å². The van der Waals surface area contributed by atoms with E-state index in [1.807, 2.05) is 12.3 Å². The van der Waals surface area contributed by atoms with E-state index in [4.69, 9.17) is 5.73 Å². The minimum absolute atomic E-state index is 0.248. The van der Waals surface area contributed by atoms with Crippen LogP contribution in [0.2, 0.25) is 0 Å². The zero-order valence-corrected chi connectivity index (χ0v) is 14.8. The van der Waals surface area contributed by atoms with E-state index in [2.05, 4.69) is 25.6 Å². The molecule has 9 heteroatoms. The summed E-state index contributed by atoms with van der Waals surface area (Å²) in [6.07, 6.45) is 0.587. The zero-order valence-electron chi connectivity index (χ0n) is 10.7. The second kappa shape index (κ2) is 6.63. The summed E-state index contributed by atoms with van der Waals surface area (Å²) in [6.45, 7) is 2.58. The Bertz CT molecular complexity index is 694. The summed E-state index contributed by atoms with van der Waals surface area (Å²) < 4.78 is 27.5. The van der Waals surface area contributed by atoms with Gasteiger partial charge in [-0.2, -0.15) is 0 Å². The maximum atomic E-state index is 12.2. The molecule has 2 heterocycles. The van der Waals surface area contributed by atoms with Crippen LogP contribution in [0.1, 0.15) is 15.6 Å². The van der Waals surface area contributed by atoms with Crippen LogP contribution in [0.5, 0.6) is 0 Å². The van der Waals surface area contributed by atoms with Gasteiger partial charge in [-0.1, -0.05) is 0 Å². The lowest BCUT2D eigenvalue weighted by Gasteiger charge is -2.04. The fraction of sp³-hybridized carbons (Fsp3) is 0.364. The van der Waals surface area contributed by atoms with Crippen LogP contribution in [0.15, 0.2) is 20.1 Å². The molecule has 2 aromatic heterocycles.